The van der Waals surface area contributed by atoms with Crippen molar-refractivity contribution in [1.82, 2.24) is 0 Å². The van der Waals surface area contributed by atoms with E-state index in [9.17, 15) is 19.5 Å². The second-order valence-electron chi connectivity index (χ2n) is 19.2. The first-order valence-corrected chi connectivity index (χ1v) is 18.7. The molecule has 8 heteroatoms. The van der Waals surface area contributed by atoms with Gasteiger partial charge in [0.2, 0.25) is 5.91 Å². The average Bonchev–Trinajstić information content (AvgIpc) is 2.98. The Bertz CT molecular complexity index is 1860. The van der Waals surface area contributed by atoms with E-state index >= 15 is 0 Å². The number of aromatic hydroxyl groups is 1. The number of nitrogens with one attached hydrogen (secondary N) is 1. The smallest absolute Gasteiger partial charge is 0.343 e. The molecule has 0 bridgehead atoms. The molecule has 3 rings (SSSR count). The third-order valence-corrected chi connectivity index (χ3v) is 10.1. The van der Waals surface area contributed by atoms with E-state index in [2.05, 4.69) is 113 Å². The number of Topliss-reactive ketones (excluding diaryl/α,β-unsaturated/α-hetero) is 1. The Morgan fingerprint density at radius 1 is 0.692 bits per heavy atom. The van der Waals surface area contributed by atoms with E-state index in [0.717, 1.165) is 33.4 Å². The molecular formula is C44H59Cl2NO5. The van der Waals surface area contributed by atoms with Crippen LogP contribution in [0.1, 0.15) is 160 Å². The van der Waals surface area contributed by atoms with Gasteiger partial charge in [0.25, 0.3) is 0 Å². The van der Waals surface area contributed by atoms with Gasteiger partial charge in [0.1, 0.15) is 11.5 Å². The number of phenols is 1. The van der Waals surface area contributed by atoms with Gasteiger partial charge in [0.05, 0.1) is 16.3 Å². The number of hydrogen-bond donors (Lipinski definition) is 2. The molecule has 0 heterocycles. The predicted molar refractivity (Wildman–Crippen MR) is 216 cm³/mol. The van der Waals surface area contributed by atoms with Gasteiger partial charge < -0.3 is 15.2 Å². The number of alkyl halides is 1. The second-order valence-corrected chi connectivity index (χ2v) is 20.0. The number of halogens is 2. The van der Waals surface area contributed by atoms with Gasteiger partial charge in [-0.1, -0.05) is 147 Å². The summed E-state index contributed by atoms with van der Waals surface area (Å²) in [5.41, 5.74) is 3.60. The van der Waals surface area contributed by atoms with Crippen molar-refractivity contribution >= 4 is 46.5 Å². The van der Waals surface area contributed by atoms with Crippen molar-refractivity contribution in [3.8, 4) is 11.5 Å². The Morgan fingerprint density at radius 3 is 1.63 bits per heavy atom. The van der Waals surface area contributed by atoms with E-state index in [4.69, 9.17) is 27.9 Å². The van der Waals surface area contributed by atoms with Crippen LogP contribution in [0.25, 0.3) is 0 Å². The summed E-state index contributed by atoms with van der Waals surface area (Å²) < 4.78 is 6.41. The zero-order valence-corrected chi connectivity index (χ0v) is 35.5. The van der Waals surface area contributed by atoms with Gasteiger partial charge >= 0.3 is 5.97 Å². The highest BCUT2D eigenvalue weighted by Gasteiger charge is 2.35. The van der Waals surface area contributed by atoms with Crippen LogP contribution in [0.2, 0.25) is 5.02 Å². The maximum absolute atomic E-state index is 14.1. The molecule has 0 aliphatic heterocycles. The first kappa shape index (κ1) is 43.1. The Hall–Kier alpha value is -3.35. The lowest BCUT2D eigenvalue weighted by Crippen LogP contribution is -2.37. The number of amides is 1. The number of carbonyl (C=O) groups excluding carboxylic acids is 3. The van der Waals surface area contributed by atoms with Gasteiger partial charge in [-0.25, -0.2) is 4.79 Å². The number of ketones is 1. The number of rotatable bonds is 7. The molecule has 52 heavy (non-hydrogen) atoms. The number of ether oxygens (including phenoxy) is 1. The fourth-order valence-corrected chi connectivity index (χ4v) is 6.38. The molecule has 1 amide bonds. The molecule has 0 aromatic heterocycles. The molecule has 0 fully saturated rings. The quantitative estimate of drug-likeness (QED) is 0.108. The minimum Gasteiger partial charge on any atom is -0.507 e. The summed E-state index contributed by atoms with van der Waals surface area (Å²) in [6, 6.07) is 12.8. The van der Waals surface area contributed by atoms with E-state index in [1.807, 2.05) is 6.92 Å². The Balaban J connectivity index is 2.27. The minimum absolute atomic E-state index is 0.125. The largest absolute Gasteiger partial charge is 0.507 e. The third-order valence-electron chi connectivity index (χ3n) is 9.39. The topological polar surface area (TPSA) is 92.7 Å². The minimum atomic E-state index is -1.45. The molecule has 6 nitrogen and oxygen atoms in total. The highest BCUT2D eigenvalue weighted by atomic mass is 35.5. The van der Waals surface area contributed by atoms with Gasteiger partial charge in [-0.2, -0.15) is 0 Å². The van der Waals surface area contributed by atoms with E-state index in [1.54, 1.807) is 20.8 Å². The molecular weight excluding hydrogens is 693 g/mol. The summed E-state index contributed by atoms with van der Waals surface area (Å²) >= 11 is 12.7. The summed E-state index contributed by atoms with van der Waals surface area (Å²) in [5, 5.41) is 13.3. The van der Waals surface area contributed by atoms with Crippen molar-refractivity contribution in [2.24, 2.45) is 5.41 Å². The van der Waals surface area contributed by atoms with Crippen LogP contribution in [0.4, 0.5) is 5.69 Å². The van der Waals surface area contributed by atoms with E-state index in [-0.39, 0.29) is 44.2 Å². The molecule has 2 atom stereocenters. The molecule has 0 aliphatic rings. The van der Waals surface area contributed by atoms with Crippen LogP contribution < -0.4 is 10.1 Å². The average molecular weight is 753 g/mol. The summed E-state index contributed by atoms with van der Waals surface area (Å²) in [5.74, 6) is -1.59. The number of anilines is 1. The Labute approximate surface area is 322 Å². The molecule has 3 aromatic carbocycles. The van der Waals surface area contributed by atoms with Gasteiger partial charge in [-0.05, 0) is 56.5 Å². The summed E-state index contributed by atoms with van der Waals surface area (Å²) in [7, 11) is 0. The first-order valence-electron chi connectivity index (χ1n) is 17.9. The molecule has 0 saturated carbocycles. The Kier molecular flexibility index (Phi) is 12.3. The van der Waals surface area contributed by atoms with E-state index in [1.165, 1.54) is 18.2 Å². The summed E-state index contributed by atoms with van der Waals surface area (Å²) in [6.07, 6.45) is 0. The van der Waals surface area contributed by atoms with E-state index < -0.39 is 33.9 Å². The molecule has 3 aromatic rings. The molecule has 2 unspecified atom stereocenters. The Morgan fingerprint density at radius 2 is 1.17 bits per heavy atom. The van der Waals surface area contributed by atoms with Gasteiger partial charge in [-0.15, -0.1) is 11.6 Å². The number of phenolic OH excluding ortho intramolecular Hbond substituents is 1. The fourth-order valence-electron chi connectivity index (χ4n) is 5.83. The van der Waals surface area contributed by atoms with Crippen LogP contribution in [0, 0.1) is 5.41 Å². The number of carbonyl (C=O) groups is 3. The normalized spacial score (nSPS) is 14.1. The summed E-state index contributed by atoms with van der Waals surface area (Å²) in [6.45, 7) is 32.5. The standard InChI is InChI=1S/C44H59Cl2NO5/c1-24(28-20-26(40(2,3)4)22-30(35(28)48)42(8,9)10)29-21-27(41(5,6)7)23-31(43(11,12)13)36(29)52-39(51)25-17-18-32(45)33(19-25)47-38(50)34(46)37(49)44(14,15)16/h17-24,34,48H,1-16H3,(H,47,50). The number of esters is 1. The molecule has 284 valence electrons. The predicted octanol–water partition coefficient (Wildman–Crippen LogP) is 11.8. The summed E-state index contributed by atoms with van der Waals surface area (Å²) in [4.78, 5) is 39.8. The first-order chi connectivity index (χ1) is 23.4. The van der Waals surface area contributed by atoms with Crippen LogP contribution in [0.15, 0.2) is 42.5 Å². The lowest BCUT2D eigenvalue weighted by molar-refractivity contribution is -0.130. The van der Waals surface area contributed by atoms with Gasteiger partial charge in [-0.3, -0.25) is 9.59 Å². The van der Waals surface area contributed by atoms with Crippen LogP contribution in [0.3, 0.4) is 0 Å². The molecule has 0 saturated heterocycles. The molecule has 0 radical (unpaired) electrons. The van der Waals surface area contributed by atoms with Crippen LogP contribution in [-0.2, 0) is 31.2 Å². The third kappa shape index (κ3) is 9.79. The van der Waals surface area contributed by atoms with Crippen molar-refractivity contribution in [2.75, 3.05) is 5.32 Å². The van der Waals surface area contributed by atoms with Crippen LogP contribution in [0.5, 0.6) is 11.5 Å². The van der Waals surface area contributed by atoms with E-state index in [0.29, 0.717) is 5.75 Å². The maximum atomic E-state index is 14.1. The maximum Gasteiger partial charge on any atom is 0.343 e. The molecule has 2 N–H and O–H groups in total. The lowest BCUT2D eigenvalue weighted by Gasteiger charge is -2.32. The lowest BCUT2D eigenvalue weighted by atomic mass is 9.74. The zero-order chi connectivity index (χ0) is 40.1. The SMILES string of the molecule is CC(c1cc(C(C)(C)C)cc(C(C)(C)C)c1O)c1cc(C(C)(C)C)cc(C(C)(C)C)c1OC(=O)c1ccc(Cl)c(NC(=O)C(Cl)C(=O)C(C)(C)C)c1. The fraction of sp³-hybridized carbons (Fsp3) is 0.523. The van der Waals surface area contributed by atoms with Gasteiger partial charge in [0.15, 0.2) is 11.2 Å². The highest BCUT2D eigenvalue weighted by molar-refractivity contribution is 6.44. The van der Waals surface area contributed by atoms with Crippen molar-refractivity contribution < 1.29 is 24.2 Å². The van der Waals surface area contributed by atoms with Crippen molar-refractivity contribution in [3.05, 3.63) is 86.4 Å². The van der Waals surface area contributed by atoms with Crippen molar-refractivity contribution in [1.29, 1.82) is 0 Å². The van der Waals surface area contributed by atoms with Crippen molar-refractivity contribution in [3.63, 3.8) is 0 Å². The second kappa shape index (κ2) is 14.8. The van der Waals surface area contributed by atoms with Crippen LogP contribution in [-0.4, -0.2) is 28.1 Å². The molecule has 0 aliphatic carbocycles. The van der Waals surface area contributed by atoms with Crippen molar-refractivity contribution in [2.45, 2.75) is 144 Å². The van der Waals surface area contributed by atoms with Gasteiger partial charge in [0, 0.05) is 28.0 Å². The number of hydrogen-bond acceptors (Lipinski definition) is 5. The number of benzene rings is 3. The molecule has 0 spiro atoms. The highest BCUT2D eigenvalue weighted by Crippen LogP contribution is 2.47. The van der Waals surface area contributed by atoms with Crippen LogP contribution >= 0.6 is 23.2 Å². The monoisotopic (exact) mass is 751 g/mol. The zero-order valence-electron chi connectivity index (χ0n) is 34.0.